The summed E-state index contributed by atoms with van der Waals surface area (Å²) in [6, 6.07) is 6.71. The van der Waals surface area contributed by atoms with Crippen molar-refractivity contribution in [2.75, 3.05) is 24.6 Å². The smallest absolute Gasteiger partial charge is 0.238 e. The molecule has 2 aliphatic rings. The molecule has 0 saturated carbocycles. The lowest BCUT2D eigenvalue weighted by molar-refractivity contribution is -0.128. The maximum Gasteiger partial charge on any atom is 0.238 e. The van der Waals surface area contributed by atoms with Crippen LogP contribution in [-0.2, 0) is 4.79 Å². The summed E-state index contributed by atoms with van der Waals surface area (Å²) in [6.07, 6.45) is 2.00. The number of rotatable bonds is 3. The van der Waals surface area contributed by atoms with Crippen LogP contribution in [0.3, 0.4) is 0 Å². The highest BCUT2D eigenvalue weighted by molar-refractivity contribution is 7.99. The molecule has 2 aliphatic heterocycles. The first-order valence-corrected chi connectivity index (χ1v) is 8.26. The molecule has 1 unspecified atom stereocenters. The fraction of sp³-hybridized carbons (Fsp3) is 0.533. The summed E-state index contributed by atoms with van der Waals surface area (Å²) in [6.45, 7) is 1.05. The molecule has 1 aromatic rings. The molecule has 1 amide bonds. The molecule has 0 aliphatic carbocycles. The molecule has 5 heteroatoms. The fourth-order valence-electron chi connectivity index (χ4n) is 2.93. The van der Waals surface area contributed by atoms with E-state index in [1.807, 2.05) is 22.7 Å². The van der Waals surface area contributed by atoms with E-state index >= 15 is 0 Å². The van der Waals surface area contributed by atoms with Crippen molar-refractivity contribution < 1.29 is 9.18 Å². The number of hydrogen-bond donors (Lipinski definition) is 1. The Hall–Kier alpha value is -1.07. The number of halogens is 1. The van der Waals surface area contributed by atoms with Crippen LogP contribution in [0.5, 0.6) is 0 Å². The van der Waals surface area contributed by atoms with Gasteiger partial charge in [0.25, 0.3) is 0 Å². The minimum atomic E-state index is -0.307. The minimum Gasteiger partial charge on any atom is -0.321 e. The molecule has 0 spiro atoms. The van der Waals surface area contributed by atoms with Crippen LogP contribution in [0.1, 0.15) is 24.6 Å². The zero-order valence-corrected chi connectivity index (χ0v) is 12.2. The third-order valence-electron chi connectivity index (χ3n) is 4.07. The molecule has 108 valence electrons. The third kappa shape index (κ3) is 2.83. The predicted octanol–water partition coefficient (Wildman–Crippen LogP) is 2.40. The molecule has 2 fully saturated rings. The standard InChI is InChI=1S/C15H19FN2OS/c16-13-4-2-1-3-12(13)15-17-9-14(19)18(15)10-11-5-7-20-8-6-11/h1-4,11,15,17H,5-10H2. The maximum atomic E-state index is 13.9. The highest BCUT2D eigenvalue weighted by atomic mass is 32.2. The van der Waals surface area contributed by atoms with Crippen LogP contribution in [0.25, 0.3) is 0 Å². The number of amides is 1. The van der Waals surface area contributed by atoms with E-state index in [1.54, 1.807) is 12.1 Å². The Balaban J connectivity index is 1.76. The van der Waals surface area contributed by atoms with Crippen LogP contribution < -0.4 is 5.32 Å². The molecule has 1 atom stereocenters. The Morgan fingerprint density at radius 3 is 2.80 bits per heavy atom. The normalized spacial score (nSPS) is 24.4. The van der Waals surface area contributed by atoms with Crippen LogP contribution in [-0.4, -0.2) is 35.4 Å². The molecule has 1 N–H and O–H groups in total. The van der Waals surface area contributed by atoms with Crippen LogP contribution in [0.2, 0.25) is 0 Å². The Labute approximate surface area is 122 Å². The fourth-order valence-corrected chi connectivity index (χ4v) is 4.13. The lowest BCUT2D eigenvalue weighted by atomic mass is 10.0. The Bertz CT molecular complexity index is 491. The lowest BCUT2D eigenvalue weighted by Crippen LogP contribution is -2.36. The van der Waals surface area contributed by atoms with Crippen molar-refractivity contribution in [1.82, 2.24) is 10.2 Å². The molecular weight excluding hydrogens is 275 g/mol. The first-order chi connectivity index (χ1) is 9.75. The van der Waals surface area contributed by atoms with Crippen LogP contribution in [0.4, 0.5) is 4.39 Å². The third-order valence-corrected chi connectivity index (χ3v) is 5.12. The SMILES string of the molecule is O=C1CNC(c2ccccc2F)N1CC1CCSCC1. The van der Waals surface area contributed by atoms with Crippen molar-refractivity contribution in [1.29, 1.82) is 0 Å². The largest absolute Gasteiger partial charge is 0.321 e. The van der Waals surface area contributed by atoms with E-state index in [0.717, 1.165) is 19.4 Å². The molecule has 0 radical (unpaired) electrons. The topological polar surface area (TPSA) is 32.3 Å². The summed E-state index contributed by atoms with van der Waals surface area (Å²) >= 11 is 1.98. The molecule has 0 aromatic heterocycles. The lowest BCUT2D eigenvalue weighted by Gasteiger charge is -2.30. The van der Waals surface area contributed by atoms with Crippen molar-refractivity contribution in [2.24, 2.45) is 5.92 Å². The molecule has 0 bridgehead atoms. The number of carbonyl (C=O) groups excluding carboxylic acids is 1. The van der Waals surface area contributed by atoms with Crippen molar-refractivity contribution in [2.45, 2.75) is 19.0 Å². The molecule has 2 heterocycles. The quantitative estimate of drug-likeness (QED) is 0.929. The van der Waals surface area contributed by atoms with Crippen LogP contribution >= 0.6 is 11.8 Å². The van der Waals surface area contributed by atoms with Crippen molar-refractivity contribution in [3.63, 3.8) is 0 Å². The van der Waals surface area contributed by atoms with Crippen molar-refractivity contribution >= 4 is 17.7 Å². The van der Waals surface area contributed by atoms with Gasteiger partial charge in [-0.1, -0.05) is 18.2 Å². The van der Waals surface area contributed by atoms with Gasteiger partial charge in [-0.05, 0) is 36.3 Å². The molecule has 2 saturated heterocycles. The van der Waals surface area contributed by atoms with Gasteiger partial charge in [-0.2, -0.15) is 11.8 Å². The second kappa shape index (κ2) is 6.14. The van der Waals surface area contributed by atoms with Crippen molar-refractivity contribution in [3.8, 4) is 0 Å². The van der Waals surface area contributed by atoms with E-state index in [-0.39, 0.29) is 17.9 Å². The van der Waals surface area contributed by atoms with Crippen LogP contribution in [0, 0.1) is 11.7 Å². The number of benzene rings is 1. The van der Waals surface area contributed by atoms with Crippen LogP contribution in [0.15, 0.2) is 24.3 Å². The highest BCUT2D eigenvalue weighted by Crippen LogP contribution is 2.29. The number of nitrogens with one attached hydrogen (secondary N) is 1. The van der Waals surface area contributed by atoms with Gasteiger partial charge in [-0.3, -0.25) is 10.1 Å². The summed E-state index contributed by atoms with van der Waals surface area (Å²) in [7, 11) is 0. The molecular formula is C15H19FN2OS. The summed E-state index contributed by atoms with van der Waals surface area (Å²) in [5.74, 6) is 2.73. The second-order valence-corrected chi connectivity index (χ2v) is 6.63. The monoisotopic (exact) mass is 294 g/mol. The van der Waals surface area contributed by atoms with Gasteiger partial charge in [0.1, 0.15) is 12.0 Å². The zero-order valence-electron chi connectivity index (χ0n) is 11.3. The van der Waals surface area contributed by atoms with E-state index in [2.05, 4.69) is 5.32 Å². The van der Waals surface area contributed by atoms with E-state index < -0.39 is 0 Å². The Morgan fingerprint density at radius 1 is 1.30 bits per heavy atom. The highest BCUT2D eigenvalue weighted by Gasteiger charge is 2.34. The Morgan fingerprint density at radius 2 is 2.05 bits per heavy atom. The number of nitrogens with zero attached hydrogens (tertiary/aromatic N) is 1. The van der Waals surface area contributed by atoms with Gasteiger partial charge in [0, 0.05) is 12.1 Å². The summed E-state index contributed by atoms with van der Waals surface area (Å²) in [5, 5.41) is 3.13. The number of carbonyl (C=O) groups is 1. The summed E-state index contributed by atoms with van der Waals surface area (Å²) < 4.78 is 13.9. The van der Waals surface area contributed by atoms with E-state index in [9.17, 15) is 9.18 Å². The molecule has 3 nitrogen and oxygen atoms in total. The van der Waals surface area contributed by atoms with Gasteiger partial charge >= 0.3 is 0 Å². The molecule has 1 aromatic carbocycles. The van der Waals surface area contributed by atoms with Gasteiger partial charge < -0.3 is 4.90 Å². The molecule has 3 rings (SSSR count). The summed E-state index contributed by atoms with van der Waals surface area (Å²) in [5.41, 5.74) is 0.573. The summed E-state index contributed by atoms with van der Waals surface area (Å²) in [4.78, 5) is 13.9. The average molecular weight is 294 g/mol. The molecule has 20 heavy (non-hydrogen) atoms. The number of thioether (sulfide) groups is 1. The van der Waals surface area contributed by atoms with Gasteiger partial charge in [-0.25, -0.2) is 4.39 Å². The van der Waals surface area contributed by atoms with E-state index in [1.165, 1.54) is 17.6 Å². The Kier molecular flexibility index (Phi) is 4.27. The van der Waals surface area contributed by atoms with Gasteiger partial charge in [0.2, 0.25) is 5.91 Å². The maximum absolute atomic E-state index is 13.9. The van der Waals surface area contributed by atoms with E-state index in [0.29, 0.717) is 18.0 Å². The minimum absolute atomic E-state index is 0.0801. The second-order valence-electron chi connectivity index (χ2n) is 5.41. The van der Waals surface area contributed by atoms with Gasteiger partial charge in [0.05, 0.1) is 6.54 Å². The number of hydrogen-bond acceptors (Lipinski definition) is 3. The predicted molar refractivity (Wildman–Crippen MR) is 78.9 cm³/mol. The van der Waals surface area contributed by atoms with Gasteiger partial charge in [-0.15, -0.1) is 0 Å². The first kappa shape index (κ1) is 13.9. The average Bonchev–Trinajstić information content (AvgIpc) is 2.82. The zero-order chi connectivity index (χ0) is 13.9. The van der Waals surface area contributed by atoms with Gasteiger partial charge in [0.15, 0.2) is 0 Å². The van der Waals surface area contributed by atoms with E-state index in [4.69, 9.17) is 0 Å². The van der Waals surface area contributed by atoms with Crippen molar-refractivity contribution in [3.05, 3.63) is 35.6 Å². The first-order valence-electron chi connectivity index (χ1n) is 7.11.